The molecule has 0 aromatic heterocycles. The summed E-state index contributed by atoms with van der Waals surface area (Å²) in [5, 5.41) is 8.86. The maximum absolute atomic E-state index is 8.86. The monoisotopic (exact) mass is 124 g/mol. The van der Waals surface area contributed by atoms with Crippen LogP contribution in [-0.2, 0) is 0 Å². The maximum Gasteiger partial charge on any atom is 0.0756 e. The molecule has 1 atom stereocenters. The van der Waals surface area contributed by atoms with Crippen molar-refractivity contribution in [2.45, 2.75) is 13.0 Å². The van der Waals surface area contributed by atoms with Crippen molar-refractivity contribution in [2.75, 3.05) is 0 Å². The smallest absolute Gasteiger partial charge is 0.0756 e. The second kappa shape index (κ2) is 4.10. The third kappa shape index (κ3) is 3.74. The minimum absolute atomic E-state index is 0.457. The lowest BCUT2D eigenvalue weighted by molar-refractivity contribution is 0.236. The second-order valence-corrected chi connectivity index (χ2v) is 1.85. The van der Waals surface area contributed by atoms with E-state index in [4.69, 9.17) is 5.11 Å². The van der Waals surface area contributed by atoms with Crippen LogP contribution in [0.25, 0.3) is 0 Å². The van der Waals surface area contributed by atoms with E-state index < -0.39 is 6.10 Å². The van der Waals surface area contributed by atoms with Gasteiger partial charge in [-0.2, -0.15) is 0 Å². The predicted octanol–water partition coefficient (Wildman–Crippen LogP) is 1.67. The van der Waals surface area contributed by atoms with E-state index in [2.05, 4.69) is 13.2 Å². The normalized spacial score (nSPS) is 13.6. The predicted molar refractivity (Wildman–Crippen MR) is 40.2 cm³/mol. The van der Waals surface area contributed by atoms with E-state index in [1.165, 1.54) is 0 Å². The van der Waals surface area contributed by atoms with Crippen LogP contribution in [0.2, 0.25) is 0 Å². The van der Waals surface area contributed by atoms with E-state index in [1.807, 2.05) is 0 Å². The summed E-state index contributed by atoms with van der Waals surface area (Å²) in [5.41, 5.74) is 0.704. The molecule has 0 aromatic carbocycles. The Balaban J connectivity index is 3.76. The number of aliphatic hydroxyl groups excluding tert-OH is 1. The van der Waals surface area contributed by atoms with Gasteiger partial charge in [0, 0.05) is 0 Å². The summed E-state index contributed by atoms with van der Waals surface area (Å²) in [4.78, 5) is 0. The first-order valence-corrected chi connectivity index (χ1v) is 2.84. The first-order valence-electron chi connectivity index (χ1n) is 2.84. The third-order valence-electron chi connectivity index (χ3n) is 0.983. The van der Waals surface area contributed by atoms with E-state index in [-0.39, 0.29) is 0 Å². The zero-order valence-electron chi connectivity index (χ0n) is 5.67. The van der Waals surface area contributed by atoms with Crippen LogP contribution >= 0.6 is 0 Å². The van der Waals surface area contributed by atoms with Crippen LogP contribution in [0, 0.1) is 0 Å². The largest absolute Gasteiger partial charge is 0.389 e. The van der Waals surface area contributed by atoms with Gasteiger partial charge in [-0.3, -0.25) is 0 Å². The van der Waals surface area contributed by atoms with Gasteiger partial charge in [0.05, 0.1) is 6.10 Å². The van der Waals surface area contributed by atoms with Gasteiger partial charge < -0.3 is 5.11 Å². The first kappa shape index (κ1) is 8.18. The van der Waals surface area contributed by atoms with E-state index in [9.17, 15) is 0 Å². The summed E-state index contributed by atoms with van der Waals surface area (Å²) < 4.78 is 0. The molecule has 0 fully saturated rings. The van der Waals surface area contributed by atoms with E-state index in [0.717, 1.165) is 0 Å². The van der Waals surface area contributed by atoms with Crippen LogP contribution in [0.15, 0.2) is 37.0 Å². The SMILES string of the molecule is C=C/C=C\C(=C)[C@H](C)O. The van der Waals surface area contributed by atoms with Crippen molar-refractivity contribution in [1.82, 2.24) is 0 Å². The van der Waals surface area contributed by atoms with Gasteiger partial charge >= 0.3 is 0 Å². The third-order valence-corrected chi connectivity index (χ3v) is 0.983. The summed E-state index contributed by atoms with van der Waals surface area (Å²) in [6, 6.07) is 0. The summed E-state index contributed by atoms with van der Waals surface area (Å²) in [6.07, 6.45) is 4.67. The molecule has 0 bridgehead atoms. The fourth-order valence-electron chi connectivity index (χ4n) is 0.331. The number of hydrogen-bond donors (Lipinski definition) is 1. The molecule has 0 aliphatic rings. The van der Waals surface area contributed by atoms with Crippen molar-refractivity contribution >= 4 is 0 Å². The number of rotatable bonds is 3. The van der Waals surface area contributed by atoms with Crippen LogP contribution in [0.5, 0.6) is 0 Å². The van der Waals surface area contributed by atoms with Crippen molar-refractivity contribution in [2.24, 2.45) is 0 Å². The zero-order valence-corrected chi connectivity index (χ0v) is 5.67. The minimum atomic E-state index is -0.457. The van der Waals surface area contributed by atoms with Crippen LogP contribution in [0.1, 0.15) is 6.92 Å². The molecule has 9 heavy (non-hydrogen) atoms. The van der Waals surface area contributed by atoms with Gasteiger partial charge in [-0.15, -0.1) is 0 Å². The fourth-order valence-corrected chi connectivity index (χ4v) is 0.331. The lowest BCUT2D eigenvalue weighted by Gasteiger charge is -1.99. The number of allylic oxidation sites excluding steroid dienone is 2. The minimum Gasteiger partial charge on any atom is -0.389 e. The first-order chi connectivity index (χ1) is 4.18. The Morgan fingerprint density at radius 1 is 1.67 bits per heavy atom. The Morgan fingerprint density at radius 3 is 2.56 bits per heavy atom. The Hall–Kier alpha value is -0.820. The highest BCUT2D eigenvalue weighted by molar-refractivity contribution is 5.20. The Bertz CT molecular complexity index is 132. The topological polar surface area (TPSA) is 20.2 Å². The quantitative estimate of drug-likeness (QED) is 0.567. The molecule has 0 amide bonds. The molecule has 1 N–H and O–H groups in total. The molecule has 0 spiro atoms. The van der Waals surface area contributed by atoms with Crippen molar-refractivity contribution in [1.29, 1.82) is 0 Å². The Morgan fingerprint density at radius 2 is 2.22 bits per heavy atom. The molecule has 0 rings (SSSR count). The van der Waals surface area contributed by atoms with Crippen LogP contribution < -0.4 is 0 Å². The summed E-state index contributed by atoms with van der Waals surface area (Å²) in [5.74, 6) is 0. The van der Waals surface area contributed by atoms with Crippen LogP contribution in [0.3, 0.4) is 0 Å². The van der Waals surface area contributed by atoms with Gasteiger partial charge in [0.25, 0.3) is 0 Å². The molecule has 0 heterocycles. The van der Waals surface area contributed by atoms with Gasteiger partial charge in [0.2, 0.25) is 0 Å². The molecular weight excluding hydrogens is 112 g/mol. The average Bonchev–Trinajstić information content (AvgIpc) is 1.82. The van der Waals surface area contributed by atoms with Crippen molar-refractivity contribution in [3.8, 4) is 0 Å². The van der Waals surface area contributed by atoms with Crippen molar-refractivity contribution in [3.05, 3.63) is 37.0 Å². The Kier molecular flexibility index (Phi) is 3.72. The Labute approximate surface area is 56.0 Å². The number of hydrogen-bond acceptors (Lipinski definition) is 1. The van der Waals surface area contributed by atoms with E-state index >= 15 is 0 Å². The average molecular weight is 124 g/mol. The standard InChI is InChI=1S/C8H12O/c1-4-5-6-7(2)8(3)9/h4-6,8-9H,1-2H2,3H3/b6-5-/t8-/m0/s1. The van der Waals surface area contributed by atoms with Gasteiger partial charge in [0.1, 0.15) is 0 Å². The zero-order chi connectivity index (χ0) is 7.28. The van der Waals surface area contributed by atoms with Crippen LogP contribution in [0.4, 0.5) is 0 Å². The molecule has 0 radical (unpaired) electrons. The van der Waals surface area contributed by atoms with Crippen molar-refractivity contribution < 1.29 is 5.11 Å². The molecule has 0 aromatic rings. The van der Waals surface area contributed by atoms with Gasteiger partial charge in [0.15, 0.2) is 0 Å². The summed E-state index contributed by atoms with van der Waals surface area (Å²) in [6.45, 7) is 8.77. The summed E-state index contributed by atoms with van der Waals surface area (Å²) >= 11 is 0. The molecule has 0 aliphatic carbocycles. The van der Waals surface area contributed by atoms with Gasteiger partial charge in [-0.25, -0.2) is 0 Å². The van der Waals surface area contributed by atoms with Gasteiger partial charge in [-0.1, -0.05) is 31.4 Å². The second-order valence-electron chi connectivity index (χ2n) is 1.85. The van der Waals surface area contributed by atoms with Crippen LogP contribution in [-0.4, -0.2) is 11.2 Å². The van der Waals surface area contributed by atoms with E-state index in [0.29, 0.717) is 5.57 Å². The molecule has 0 saturated carbocycles. The van der Waals surface area contributed by atoms with E-state index in [1.54, 1.807) is 25.2 Å². The fraction of sp³-hybridized carbons (Fsp3) is 0.250. The summed E-state index contributed by atoms with van der Waals surface area (Å²) in [7, 11) is 0. The lowest BCUT2D eigenvalue weighted by atomic mass is 10.2. The molecule has 1 heteroatoms. The molecule has 50 valence electrons. The molecule has 1 nitrogen and oxygen atoms in total. The van der Waals surface area contributed by atoms with Gasteiger partial charge in [-0.05, 0) is 12.5 Å². The highest BCUT2D eigenvalue weighted by Gasteiger charge is 1.93. The molecular formula is C8H12O. The maximum atomic E-state index is 8.86. The molecule has 0 saturated heterocycles. The number of aliphatic hydroxyl groups is 1. The molecule has 0 aliphatic heterocycles. The lowest BCUT2D eigenvalue weighted by Crippen LogP contribution is -1.99. The highest BCUT2D eigenvalue weighted by Crippen LogP contribution is 1.98. The highest BCUT2D eigenvalue weighted by atomic mass is 16.3. The molecule has 0 unspecified atom stereocenters. The van der Waals surface area contributed by atoms with Crippen molar-refractivity contribution in [3.63, 3.8) is 0 Å².